The Bertz CT molecular complexity index is 728. The van der Waals surface area contributed by atoms with Gasteiger partial charge in [-0.2, -0.15) is 0 Å². The van der Waals surface area contributed by atoms with Gasteiger partial charge in [-0.05, 0) is 110 Å². The van der Waals surface area contributed by atoms with Crippen molar-refractivity contribution in [1.29, 1.82) is 0 Å². The Hall–Kier alpha value is -0.260. The van der Waals surface area contributed by atoms with Crippen LogP contribution in [-0.2, 0) is 0 Å². The predicted octanol–water partition coefficient (Wildman–Crippen LogP) is 11.8. The van der Waals surface area contributed by atoms with Crippen LogP contribution in [0.15, 0.2) is 12.2 Å². The summed E-state index contributed by atoms with van der Waals surface area (Å²) in [5, 5.41) is 0. The van der Waals surface area contributed by atoms with Crippen molar-refractivity contribution < 1.29 is 0 Å². The van der Waals surface area contributed by atoms with Gasteiger partial charge < -0.3 is 0 Å². The van der Waals surface area contributed by atoms with Crippen LogP contribution in [0.5, 0.6) is 0 Å². The van der Waals surface area contributed by atoms with Crippen LogP contribution in [0.4, 0.5) is 0 Å². The number of rotatable bonds is 5. The number of hydrogen-bond donors (Lipinski definition) is 0. The fourth-order valence-corrected chi connectivity index (χ4v) is 12.1. The van der Waals surface area contributed by atoms with Gasteiger partial charge in [0.25, 0.3) is 0 Å². The predicted molar refractivity (Wildman–Crippen MR) is 164 cm³/mol. The molecule has 10 atom stereocenters. The second-order valence-corrected chi connectivity index (χ2v) is 15.8. The molecule has 0 aromatic rings. The molecule has 0 aromatic heterocycles. The van der Waals surface area contributed by atoms with Crippen LogP contribution in [0.25, 0.3) is 0 Å². The Morgan fingerprint density at radius 3 is 1.71 bits per heavy atom. The van der Waals surface area contributed by atoms with Crippen LogP contribution in [-0.4, -0.2) is 0 Å². The molecule has 0 radical (unpaired) electrons. The Morgan fingerprint density at radius 2 is 1.00 bits per heavy atom. The Morgan fingerprint density at radius 1 is 0.474 bits per heavy atom. The van der Waals surface area contributed by atoms with Crippen LogP contribution in [0.3, 0.4) is 0 Å². The molecule has 6 aliphatic carbocycles. The zero-order chi connectivity index (χ0) is 25.7. The van der Waals surface area contributed by atoms with Crippen molar-refractivity contribution in [3.05, 3.63) is 12.2 Å². The third kappa shape index (κ3) is 6.30. The molecule has 0 nitrogen and oxygen atoms in total. The Kier molecular flexibility index (Phi) is 9.98. The molecule has 0 aliphatic heterocycles. The molecular weight excluding hydrogens is 456 g/mol. The van der Waals surface area contributed by atoms with Gasteiger partial charge in [0.05, 0.1) is 0 Å². The minimum absolute atomic E-state index is 0.875. The largest absolute Gasteiger partial charge is 0.0880 e. The van der Waals surface area contributed by atoms with E-state index in [-0.39, 0.29) is 0 Å². The summed E-state index contributed by atoms with van der Waals surface area (Å²) in [5.41, 5.74) is 0. The first kappa shape index (κ1) is 27.9. The third-order valence-electron chi connectivity index (χ3n) is 13.9. The zero-order valence-corrected chi connectivity index (χ0v) is 25.5. The molecular formula is C38H64. The van der Waals surface area contributed by atoms with Crippen LogP contribution in [0.2, 0.25) is 0 Å². The summed E-state index contributed by atoms with van der Waals surface area (Å²) in [7, 11) is 0. The average Bonchev–Trinajstić information content (AvgIpc) is 3.33. The lowest BCUT2D eigenvalue weighted by molar-refractivity contribution is -0.0813. The van der Waals surface area contributed by atoms with Crippen molar-refractivity contribution in [2.24, 2.45) is 65.1 Å². The smallest absolute Gasteiger partial charge is 0.0208 e. The van der Waals surface area contributed by atoms with E-state index in [2.05, 4.69) is 19.1 Å². The maximum atomic E-state index is 2.77. The quantitative estimate of drug-likeness (QED) is 0.250. The first-order chi connectivity index (χ1) is 18.8. The standard InChI is InChI=1S/C38H64/c1-28-15-5-2-6-16-29(28)19-14-26-33-34-22-9-4-10-24-36(34)38(37-25-12-11-23-35(33)37)32-21-13-20-31(27-32)30-17-7-3-8-18-30/h14,19,28-38H,2-13,15-18,20-27H2,1H3/b19-14-/t28-,29?,31+,32?,33-,34?,35?,36+,37?,38?/m1/s1. The number of hydrogen-bond acceptors (Lipinski definition) is 0. The molecule has 6 fully saturated rings. The third-order valence-corrected chi connectivity index (χ3v) is 13.9. The average molecular weight is 521 g/mol. The Labute approximate surface area is 238 Å². The van der Waals surface area contributed by atoms with Crippen molar-refractivity contribution in [3.8, 4) is 0 Å². The minimum Gasteiger partial charge on any atom is -0.0880 e. The lowest BCUT2D eigenvalue weighted by atomic mass is 9.48. The first-order valence-corrected chi connectivity index (χ1v) is 18.5. The molecule has 0 N–H and O–H groups in total. The van der Waals surface area contributed by atoms with E-state index in [9.17, 15) is 0 Å². The summed E-state index contributed by atoms with van der Waals surface area (Å²) >= 11 is 0. The van der Waals surface area contributed by atoms with E-state index in [0.29, 0.717) is 0 Å². The fourth-order valence-electron chi connectivity index (χ4n) is 12.1. The molecule has 0 aromatic carbocycles. The van der Waals surface area contributed by atoms with E-state index in [0.717, 1.165) is 65.1 Å². The molecule has 0 amide bonds. The molecule has 6 rings (SSSR count). The summed E-state index contributed by atoms with van der Waals surface area (Å²) in [4.78, 5) is 0. The highest BCUT2D eigenvalue weighted by Crippen LogP contribution is 2.60. The molecule has 0 heterocycles. The van der Waals surface area contributed by atoms with Crippen LogP contribution in [0, 0.1) is 65.1 Å². The van der Waals surface area contributed by atoms with Crippen LogP contribution >= 0.6 is 0 Å². The highest BCUT2D eigenvalue weighted by molar-refractivity contribution is 5.04. The van der Waals surface area contributed by atoms with Gasteiger partial charge in [0, 0.05) is 0 Å². The summed E-state index contributed by atoms with van der Waals surface area (Å²) in [5.74, 6) is 11.5. The molecule has 0 spiro atoms. The monoisotopic (exact) mass is 521 g/mol. The van der Waals surface area contributed by atoms with Gasteiger partial charge in [0.15, 0.2) is 0 Å². The Balaban J connectivity index is 1.21. The van der Waals surface area contributed by atoms with Crippen LogP contribution in [0.1, 0.15) is 161 Å². The fraction of sp³-hybridized carbons (Fsp3) is 0.947. The maximum Gasteiger partial charge on any atom is -0.0208 e. The highest BCUT2D eigenvalue weighted by atomic mass is 14.6. The molecule has 0 heteroatoms. The van der Waals surface area contributed by atoms with Gasteiger partial charge in [-0.3, -0.25) is 0 Å². The summed E-state index contributed by atoms with van der Waals surface area (Å²) < 4.78 is 0. The normalized spacial score (nSPS) is 45.6. The summed E-state index contributed by atoms with van der Waals surface area (Å²) in [6.45, 7) is 2.55. The molecule has 38 heavy (non-hydrogen) atoms. The molecule has 6 saturated carbocycles. The molecule has 6 unspecified atom stereocenters. The first-order valence-electron chi connectivity index (χ1n) is 18.5. The number of fused-ring (bicyclic) bond motifs is 2. The van der Waals surface area contributed by atoms with Gasteiger partial charge in [0.2, 0.25) is 0 Å². The SMILES string of the molecule is C[C@@H]1CCCCCC1/C=C\C[C@H]1C2CCCCC2C(C2CCC[C@H](C3CCCCC3)C2)[C@H]2CCCCCC21. The molecule has 0 saturated heterocycles. The zero-order valence-electron chi connectivity index (χ0n) is 25.5. The van der Waals surface area contributed by atoms with Crippen molar-refractivity contribution in [2.45, 2.75) is 161 Å². The van der Waals surface area contributed by atoms with Crippen molar-refractivity contribution in [3.63, 3.8) is 0 Å². The van der Waals surface area contributed by atoms with Crippen LogP contribution < -0.4 is 0 Å². The van der Waals surface area contributed by atoms with Gasteiger partial charge in [-0.25, -0.2) is 0 Å². The van der Waals surface area contributed by atoms with Gasteiger partial charge in [-0.1, -0.05) is 128 Å². The second-order valence-electron chi connectivity index (χ2n) is 15.8. The van der Waals surface area contributed by atoms with Crippen molar-refractivity contribution in [2.75, 3.05) is 0 Å². The number of allylic oxidation sites excluding steroid dienone is 2. The molecule has 216 valence electrons. The highest BCUT2D eigenvalue weighted by Gasteiger charge is 2.52. The maximum absolute atomic E-state index is 2.77. The minimum atomic E-state index is 0.875. The topological polar surface area (TPSA) is 0 Å². The van der Waals surface area contributed by atoms with E-state index in [1.54, 1.807) is 103 Å². The van der Waals surface area contributed by atoms with E-state index in [1.165, 1.54) is 51.4 Å². The molecule has 6 aliphatic rings. The van der Waals surface area contributed by atoms with E-state index in [1.807, 2.05) is 0 Å². The van der Waals surface area contributed by atoms with Gasteiger partial charge in [0.1, 0.15) is 0 Å². The summed E-state index contributed by atoms with van der Waals surface area (Å²) in [6.07, 6.45) is 42.6. The van der Waals surface area contributed by atoms with Crippen molar-refractivity contribution in [1.82, 2.24) is 0 Å². The lowest BCUT2D eigenvalue weighted by Crippen LogP contribution is -2.50. The van der Waals surface area contributed by atoms with Crippen molar-refractivity contribution >= 4 is 0 Å². The second kappa shape index (κ2) is 13.6. The van der Waals surface area contributed by atoms with E-state index in [4.69, 9.17) is 0 Å². The molecule has 0 bridgehead atoms. The summed E-state index contributed by atoms with van der Waals surface area (Å²) in [6, 6.07) is 0. The van der Waals surface area contributed by atoms with Gasteiger partial charge >= 0.3 is 0 Å². The lowest BCUT2D eigenvalue weighted by Gasteiger charge is -2.57. The van der Waals surface area contributed by atoms with E-state index >= 15 is 0 Å². The van der Waals surface area contributed by atoms with Gasteiger partial charge in [-0.15, -0.1) is 0 Å². The van der Waals surface area contributed by atoms with E-state index < -0.39 is 0 Å².